The Morgan fingerprint density at radius 2 is 1.97 bits per heavy atom. The van der Waals surface area contributed by atoms with Crippen molar-refractivity contribution in [2.75, 3.05) is 25.5 Å². The SMILES string of the molecule is CNc1nccn2c(C3CCN(C(=O)CCc4cccc(Cl)c4)CC3)nc(-c3cc4ccccc4[nH]3)c12. The van der Waals surface area contributed by atoms with Crippen LogP contribution in [0.25, 0.3) is 27.8 Å². The van der Waals surface area contributed by atoms with Gasteiger partial charge in [-0.05, 0) is 49.1 Å². The monoisotopic (exact) mass is 512 g/mol. The number of H-pyrrole nitrogens is 1. The van der Waals surface area contributed by atoms with E-state index in [0.29, 0.717) is 17.9 Å². The summed E-state index contributed by atoms with van der Waals surface area (Å²) in [7, 11) is 1.89. The van der Waals surface area contributed by atoms with Crippen LogP contribution in [0.1, 0.15) is 36.6 Å². The molecule has 188 valence electrons. The molecule has 1 aliphatic rings. The highest BCUT2D eigenvalue weighted by Gasteiger charge is 2.28. The van der Waals surface area contributed by atoms with E-state index < -0.39 is 0 Å². The highest BCUT2D eigenvalue weighted by atomic mass is 35.5. The third-order valence-corrected chi connectivity index (χ3v) is 7.57. The molecule has 0 spiro atoms. The summed E-state index contributed by atoms with van der Waals surface area (Å²) >= 11 is 6.09. The number of benzene rings is 2. The number of hydrogen-bond acceptors (Lipinski definition) is 4. The third kappa shape index (κ3) is 4.55. The molecule has 3 aromatic heterocycles. The Bertz CT molecular complexity index is 1550. The number of halogens is 1. The van der Waals surface area contributed by atoms with Gasteiger partial charge in [-0.15, -0.1) is 0 Å². The number of fused-ring (bicyclic) bond motifs is 2. The molecule has 6 rings (SSSR count). The third-order valence-electron chi connectivity index (χ3n) is 7.33. The molecule has 1 amide bonds. The van der Waals surface area contributed by atoms with Gasteiger partial charge >= 0.3 is 0 Å². The van der Waals surface area contributed by atoms with Crippen molar-refractivity contribution in [3.05, 3.63) is 83.4 Å². The van der Waals surface area contributed by atoms with Crippen molar-refractivity contribution in [1.29, 1.82) is 0 Å². The van der Waals surface area contributed by atoms with Gasteiger partial charge in [0.15, 0.2) is 5.82 Å². The summed E-state index contributed by atoms with van der Waals surface area (Å²) in [4.78, 5) is 28.2. The number of aromatic amines is 1. The van der Waals surface area contributed by atoms with Gasteiger partial charge in [-0.2, -0.15) is 0 Å². The molecule has 4 heterocycles. The van der Waals surface area contributed by atoms with Gasteiger partial charge < -0.3 is 15.2 Å². The lowest BCUT2D eigenvalue weighted by Crippen LogP contribution is -2.38. The Labute approximate surface area is 220 Å². The molecular formula is C29H29ClN6O. The lowest BCUT2D eigenvalue weighted by Gasteiger charge is -2.31. The molecule has 5 aromatic rings. The van der Waals surface area contributed by atoms with Gasteiger partial charge in [0.25, 0.3) is 0 Å². The second-order valence-corrected chi connectivity index (χ2v) is 10.1. The van der Waals surface area contributed by atoms with E-state index in [-0.39, 0.29) is 11.8 Å². The number of carbonyl (C=O) groups is 1. The largest absolute Gasteiger partial charge is 0.371 e. The van der Waals surface area contributed by atoms with Crippen LogP contribution in [0.5, 0.6) is 0 Å². The van der Waals surface area contributed by atoms with Gasteiger partial charge in [0.05, 0.1) is 5.69 Å². The average molecular weight is 513 g/mol. The number of amides is 1. The topological polar surface area (TPSA) is 78.3 Å². The Morgan fingerprint density at radius 3 is 2.76 bits per heavy atom. The Hall–Kier alpha value is -3.84. The Kier molecular flexibility index (Phi) is 6.30. The maximum atomic E-state index is 12.9. The first-order chi connectivity index (χ1) is 18.1. The molecule has 1 fully saturated rings. The number of para-hydroxylation sites is 1. The fourth-order valence-corrected chi connectivity index (χ4v) is 5.62. The first-order valence-electron chi connectivity index (χ1n) is 12.8. The van der Waals surface area contributed by atoms with E-state index >= 15 is 0 Å². The number of imidazole rings is 1. The van der Waals surface area contributed by atoms with Crippen LogP contribution >= 0.6 is 11.6 Å². The molecule has 2 N–H and O–H groups in total. The summed E-state index contributed by atoms with van der Waals surface area (Å²) in [6.45, 7) is 1.47. The fourth-order valence-electron chi connectivity index (χ4n) is 5.41. The van der Waals surface area contributed by atoms with Gasteiger partial charge in [0, 0.05) is 60.8 Å². The maximum Gasteiger partial charge on any atom is 0.222 e. The van der Waals surface area contributed by atoms with Crippen LogP contribution in [0, 0.1) is 0 Å². The molecule has 0 atom stereocenters. The molecule has 0 saturated carbocycles. The van der Waals surface area contributed by atoms with Crippen LogP contribution in [0.2, 0.25) is 5.02 Å². The molecular weight excluding hydrogens is 484 g/mol. The zero-order valence-corrected chi connectivity index (χ0v) is 21.5. The van der Waals surface area contributed by atoms with Crippen LogP contribution in [0.15, 0.2) is 67.0 Å². The first kappa shape index (κ1) is 23.6. The first-order valence-corrected chi connectivity index (χ1v) is 13.1. The fraction of sp³-hybridized carbons (Fsp3) is 0.276. The van der Waals surface area contributed by atoms with Crippen LogP contribution < -0.4 is 5.32 Å². The van der Waals surface area contributed by atoms with Gasteiger partial charge in [0.2, 0.25) is 5.91 Å². The number of hydrogen-bond donors (Lipinski definition) is 2. The molecule has 7 nitrogen and oxygen atoms in total. The second kappa shape index (κ2) is 9.90. The van der Waals surface area contributed by atoms with Gasteiger partial charge in [-0.25, -0.2) is 9.97 Å². The molecule has 0 radical (unpaired) electrons. The van der Waals surface area contributed by atoms with Crippen LogP contribution in [-0.2, 0) is 11.2 Å². The lowest BCUT2D eigenvalue weighted by atomic mass is 9.95. The minimum Gasteiger partial charge on any atom is -0.371 e. The minimum atomic E-state index is 0.201. The van der Waals surface area contributed by atoms with Crippen molar-refractivity contribution in [1.82, 2.24) is 24.3 Å². The smallest absolute Gasteiger partial charge is 0.222 e. The van der Waals surface area contributed by atoms with Gasteiger partial charge in [-0.1, -0.05) is 41.9 Å². The number of nitrogens with zero attached hydrogens (tertiary/aromatic N) is 4. The predicted octanol–water partition coefficient (Wildman–Crippen LogP) is 5.91. The minimum absolute atomic E-state index is 0.201. The number of nitrogens with one attached hydrogen (secondary N) is 2. The summed E-state index contributed by atoms with van der Waals surface area (Å²) in [6.07, 6.45) is 6.77. The van der Waals surface area contributed by atoms with Gasteiger partial charge in [0.1, 0.15) is 17.0 Å². The van der Waals surface area contributed by atoms with Crippen molar-refractivity contribution in [3.8, 4) is 11.4 Å². The van der Waals surface area contributed by atoms with E-state index in [1.165, 1.54) is 0 Å². The Balaban J connectivity index is 1.23. The van der Waals surface area contributed by atoms with Crippen LogP contribution in [-0.4, -0.2) is 50.3 Å². The van der Waals surface area contributed by atoms with E-state index in [1.54, 1.807) is 0 Å². The molecule has 1 aliphatic heterocycles. The number of anilines is 1. The predicted molar refractivity (Wildman–Crippen MR) is 148 cm³/mol. The van der Waals surface area contributed by atoms with E-state index in [4.69, 9.17) is 16.6 Å². The summed E-state index contributed by atoms with van der Waals surface area (Å²) in [6, 6.07) is 18.1. The zero-order chi connectivity index (χ0) is 25.4. The van der Waals surface area contributed by atoms with Crippen molar-refractivity contribution >= 4 is 39.7 Å². The number of likely N-dealkylation sites (tertiary alicyclic amines) is 1. The van der Waals surface area contributed by atoms with Crippen LogP contribution in [0.4, 0.5) is 5.82 Å². The normalized spacial score (nSPS) is 14.5. The highest BCUT2D eigenvalue weighted by molar-refractivity contribution is 6.30. The molecule has 37 heavy (non-hydrogen) atoms. The molecule has 0 aliphatic carbocycles. The lowest BCUT2D eigenvalue weighted by molar-refractivity contribution is -0.132. The summed E-state index contributed by atoms with van der Waals surface area (Å²) in [5.41, 5.74) is 5.01. The highest BCUT2D eigenvalue weighted by Crippen LogP contribution is 2.35. The molecule has 8 heteroatoms. The number of piperidine rings is 1. The van der Waals surface area contributed by atoms with Gasteiger partial charge in [-0.3, -0.25) is 9.20 Å². The number of aryl methyl sites for hydroxylation is 1. The number of aromatic nitrogens is 4. The van der Waals surface area contributed by atoms with E-state index in [1.807, 2.05) is 60.7 Å². The average Bonchev–Trinajstić information content (AvgIpc) is 3.54. The van der Waals surface area contributed by atoms with Crippen molar-refractivity contribution in [2.45, 2.75) is 31.6 Å². The maximum absolute atomic E-state index is 12.9. The number of carbonyl (C=O) groups excluding carboxylic acids is 1. The number of rotatable bonds is 6. The molecule has 1 saturated heterocycles. The van der Waals surface area contributed by atoms with E-state index in [9.17, 15) is 4.79 Å². The quantitative estimate of drug-likeness (QED) is 0.296. The summed E-state index contributed by atoms with van der Waals surface area (Å²) < 4.78 is 2.17. The second-order valence-electron chi connectivity index (χ2n) is 9.62. The Morgan fingerprint density at radius 1 is 1.14 bits per heavy atom. The van der Waals surface area contributed by atoms with E-state index in [2.05, 4.69) is 37.9 Å². The molecule has 2 aromatic carbocycles. The van der Waals surface area contributed by atoms with Crippen molar-refractivity contribution < 1.29 is 4.79 Å². The van der Waals surface area contributed by atoms with Crippen molar-refractivity contribution in [2.24, 2.45) is 0 Å². The summed E-state index contributed by atoms with van der Waals surface area (Å²) in [5, 5.41) is 5.10. The summed E-state index contributed by atoms with van der Waals surface area (Å²) in [5.74, 6) is 2.28. The standard InChI is InChI=1S/C29H29ClN6O/c1-31-28-27-26(24-18-21-6-2-3-8-23(21)33-24)34-29(36(27)16-13-32-28)20-11-14-35(15-12-20)25(37)10-9-19-5-4-7-22(30)17-19/h2-8,13,16-18,20,33H,9-12,14-15H2,1H3,(H,31,32). The van der Waals surface area contributed by atoms with E-state index in [0.717, 1.165) is 70.9 Å². The molecule has 0 unspecified atom stereocenters. The zero-order valence-electron chi connectivity index (χ0n) is 20.7. The molecule has 0 bridgehead atoms. The van der Waals surface area contributed by atoms with Crippen LogP contribution in [0.3, 0.4) is 0 Å². The van der Waals surface area contributed by atoms with Crippen molar-refractivity contribution in [3.63, 3.8) is 0 Å².